The molecule has 0 spiro atoms. The number of ether oxygens (including phenoxy) is 1. The van der Waals surface area contributed by atoms with Crippen molar-refractivity contribution >= 4 is 11.6 Å². The smallest absolute Gasteiger partial charge is 0.255 e. The van der Waals surface area contributed by atoms with Crippen molar-refractivity contribution in [2.75, 3.05) is 12.3 Å². The Morgan fingerprint density at radius 3 is 2.62 bits per heavy atom. The summed E-state index contributed by atoms with van der Waals surface area (Å²) in [7, 11) is 0. The average molecular weight is 323 g/mol. The second kappa shape index (κ2) is 6.17. The van der Waals surface area contributed by atoms with E-state index in [0.29, 0.717) is 34.7 Å². The van der Waals surface area contributed by atoms with E-state index in [2.05, 4.69) is 10.6 Å². The number of hydrogen-bond donors (Lipinski definition) is 3. The quantitative estimate of drug-likeness (QED) is 0.756. The van der Waals surface area contributed by atoms with Crippen LogP contribution >= 0.6 is 0 Å². The van der Waals surface area contributed by atoms with E-state index in [1.165, 1.54) is 0 Å². The molecule has 2 aliphatic rings. The van der Waals surface area contributed by atoms with Crippen molar-refractivity contribution in [2.24, 2.45) is 5.92 Å². The van der Waals surface area contributed by atoms with Gasteiger partial charge in [-0.05, 0) is 55.2 Å². The number of anilines is 1. The van der Waals surface area contributed by atoms with E-state index in [1.54, 1.807) is 30.3 Å². The molecule has 1 saturated heterocycles. The molecule has 0 radical (unpaired) electrons. The highest BCUT2D eigenvalue weighted by molar-refractivity contribution is 5.97. The van der Waals surface area contributed by atoms with E-state index in [-0.39, 0.29) is 11.9 Å². The number of para-hydroxylation sites is 1. The van der Waals surface area contributed by atoms with Gasteiger partial charge in [0.05, 0.1) is 5.56 Å². The standard InChI is InChI=1S/C19H21N3O2/c20-13-5-7-15(8-6-13)24-18-4-2-1-3-16(18)19(23)22-17-10-14-9-12(17)11-21-14/h1-8,12,14,17,21H,9-11,20H2,(H,22,23). The molecule has 2 fully saturated rings. The van der Waals surface area contributed by atoms with Crippen molar-refractivity contribution in [3.63, 3.8) is 0 Å². The minimum atomic E-state index is -0.0707. The molecule has 1 saturated carbocycles. The molecule has 4 rings (SSSR count). The second-order valence-electron chi connectivity index (χ2n) is 6.58. The van der Waals surface area contributed by atoms with Crippen LogP contribution < -0.4 is 21.1 Å². The highest BCUT2D eigenvalue weighted by atomic mass is 16.5. The minimum absolute atomic E-state index is 0.0707. The number of hydrogen-bond acceptors (Lipinski definition) is 4. The molecule has 0 aromatic heterocycles. The summed E-state index contributed by atoms with van der Waals surface area (Å²) in [4.78, 5) is 12.7. The van der Waals surface area contributed by atoms with Crippen LogP contribution in [0.25, 0.3) is 0 Å². The van der Waals surface area contributed by atoms with Crippen molar-refractivity contribution in [3.8, 4) is 11.5 Å². The lowest BCUT2D eigenvalue weighted by Gasteiger charge is -2.24. The van der Waals surface area contributed by atoms with Crippen LogP contribution in [-0.4, -0.2) is 24.5 Å². The van der Waals surface area contributed by atoms with Crippen molar-refractivity contribution in [1.82, 2.24) is 10.6 Å². The highest BCUT2D eigenvalue weighted by Gasteiger charge is 2.40. The molecule has 2 bridgehead atoms. The number of carbonyl (C=O) groups is 1. The maximum absolute atomic E-state index is 12.7. The molecular formula is C19H21N3O2. The number of piperidine rings is 1. The van der Waals surface area contributed by atoms with E-state index in [9.17, 15) is 4.79 Å². The van der Waals surface area contributed by atoms with Gasteiger partial charge < -0.3 is 21.1 Å². The van der Waals surface area contributed by atoms with Crippen LogP contribution in [0, 0.1) is 5.92 Å². The normalized spacial score (nSPS) is 24.8. The van der Waals surface area contributed by atoms with Crippen molar-refractivity contribution in [3.05, 3.63) is 54.1 Å². The zero-order valence-corrected chi connectivity index (χ0v) is 13.4. The number of rotatable bonds is 4. The van der Waals surface area contributed by atoms with Crippen LogP contribution in [0.4, 0.5) is 5.69 Å². The Morgan fingerprint density at radius 1 is 1.12 bits per heavy atom. The fourth-order valence-electron chi connectivity index (χ4n) is 3.66. The Morgan fingerprint density at radius 2 is 1.92 bits per heavy atom. The topological polar surface area (TPSA) is 76.4 Å². The molecule has 1 aliphatic heterocycles. The molecular weight excluding hydrogens is 302 g/mol. The van der Waals surface area contributed by atoms with Gasteiger partial charge >= 0.3 is 0 Å². The summed E-state index contributed by atoms with van der Waals surface area (Å²) in [6, 6.07) is 15.3. The zero-order chi connectivity index (χ0) is 16.5. The van der Waals surface area contributed by atoms with Gasteiger partial charge in [0.25, 0.3) is 5.91 Å². The van der Waals surface area contributed by atoms with Gasteiger partial charge in [-0.15, -0.1) is 0 Å². The van der Waals surface area contributed by atoms with Crippen LogP contribution in [0.15, 0.2) is 48.5 Å². The Balaban J connectivity index is 1.50. The summed E-state index contributed by atoms with van der Waals surface area (Å²) in [6.45, 7) is 0.999. The Kier molecular flexibility index (Phi) is 3.86. The predicted octanol–water partition coefficient (Wildman–Crippen LogP) is 2.54. The largest absolute Gasteiger partial charge is 0.457 e. The van der Waals surface area contributed by atoms with Gasteiger partial charge in [0, 0.05) is 24.3 Å². The first-order valence-electron chi connectivity index (χ1n) is 8.36. The molecule has 5 heteroatoms. The number of benzene rings is 2. The lowest BCUT2D eigenvalue weighted by molar-refractivity contribution is 0.0922. The van der Waals surface area contributed by atoms with Crippen molar-refractivity contribution in [2.45, 2.75) is 24.9 Å². The molecule has 5 nitrogen and oxygen atoms in total. The molecule has 124 valence electrons. The van der Waals surface area contributed by atoms with E-state index in [4.69, 9.17) is 10.5 Å². The third-order valence-corrected chi connectivity index (χ3v) is 4.92. The first-order valence-corrected chi connectivity index (χ1v) is 8.36. The summed E-state index contributed by atoms with van der Waals surface area (Å²) >= 11 is 0. The first kappa shape index (κ1) is 15.0. The molecule has 1 aliphatic carbocycles. The molecule has 1 amide bonds. The van der Waals surface area contributed by atoms with E-state index in [1.807, 2.05) is 18.2 Å². The Labute approximate surface area is 141 Å². The van der Waals surface area contributed by atoms with Gasteiger partial charge in [-0.3, -0.25) is 4.79 Å². The molecule has 1 heterocycles. The van der Waals surface area contributed by atoms with Gasteiger partial charge in [-0.2, -0.15) is 0 Å². The zero-order valence-electron chi connectivity index (χ0n) is 13.4. The van der Waals surface area contributed by atoms with Crippen LogP contribution in [0.5, 0.6) is 11.5 Å². The van der Waals surface area contributed by atoms with Gasteiger partial charge in [0.2, 0.25) is 0 Å². The molecule has 4 N–H and O–H groups in total. The average Bonchev–Trinajstić information content (AvgIpc) is 3.20. The van der Waals surface area contributed by atoms with Gasteiger partial charge in [-0.1, -0.05) is 12.1 Å². The number of fused-ring (bicyclic) bond motifs is 2. The summed E-state index contributed by atoms with van der Waals surface area (Å²) in [5, 5.41) is 6.64. The maximum atomic E-state index is 12.7. The monoisotopic (exact) mass is 323 g/mol. The first-order chi connectivity index (χ1) is 11.7. The SMILES string of the molecule is Nc1ccc(Oc2ccccc2C(=O)NC2CC3CC2CN3)cc1. The van der Waals surface area contributed by atoms with Crippen molar-refractivity contribution < 1.29 is 9.53 Å². The summed E-state index contributed by atoms with van der Waals surface area (Å²) in [5.41, 5.74) is 6.93. The van der Waals surface area contributed by atoms with E-state index < -0.39 is 0 Å². The number of nitrogens with two attached hydrogens (primary N) is 1. The molecule has 2 aromatic carbocycles. The van der Waals surface area contributed by atoms with Crippen LogP contribution in [0.3, 0.4) is 0 Å². The van der Waals surface area contributed by atoms with Crippen LogP contribution in [-0.2, 0) is 0 Å². The molecule has 24 heavy (non-hydrogen) atoms. The molecule has 3 atom stereocenters. The van der Waals surface area contributed by atoms with Crippen molar-refractivity contribution in [1.29, 1.82) is 0 Å². The number of carbonyl (C=O) groups excluding carboxylic acids is 1. The van der Waals surface area contributed by atoms with Gasteiger partial charge in [0.1, 0.15) is 11.5 Å². The van der Waals surface area contributed by atoms with Crippen LogP contribution in [0.1, 0.15) is 23.2 Å². The number of nitrogen functional groups attached to an aromatic ring is 1. The lowest BCUT2D eigenvalue weighted by atomic mass is 10.0. The molecule has 2 aromatic rings. The third kappa shape index (κ3) is 2.95. The molecule has 3 unspecified atom stereocenters. The van der Waals surface area contributed by atoms with Gasteiger partial charge in [0.15, 0.2) is 0 Å². The summed E-state index contributed by atoms with van der Waals surface area (Å²) in [5.74, 6) is 1.69. The summed E-state index contributed by atoms with van der Waals surface area (Å²) < 4.78 is 5.88. The Hall–Kier alpha value is -2.53. The number of amides is 1. The fourth-order valence-corrected chi connectivity index (χ4v) is 3.66. The predicted molar refractivity (Wildman–Crippen MR) is 93.1 cm³/mol. The van der Waals surface area contributed by atoms with Crippen LogP contribution in [0.2, 0.25) is 0 Å². The number of nitrogens with one attached hydrogen (secondary N) is 2. The highest BCUT2D eigenvalue weighted by Crippen LogP contribution is 2.32. The van der Waals surface area contributed by atoms with E-state index in [0.717, 1.165) is 19.4 Å². The van der Waals surface area contributed by atoms with E-state index >= 15 is 0 Å². The minimum Gasteiger partial charge on any atom is -0.457 e. The fraction of sp³-hybridized carbons (Fsp3) is 0.316. The maximum Gasteiger partial charge on any atom is 0.255 e. The third-order valence-electron chi connectivity index (χ3n) is 4.92. The summed E-state index contributed by atoms with van der Waals surface area (Å²) in [6.07, 6.45) is 2.17. The Bertz CT molecular complexity index is 745. The van der Waals surface area contributed by atoms with Gasteiger partial charge in [-0.25, -0.2) is 0 Å². The lowest BCUT2D eigenvalue weighted by Crippen LogP contribution is -2.44. The second-order valence-corrected chi connectivity index (χ2v) is 6.58.